The largest absolute Gasteiger partial charge is 0.460 e. The average molecular weight is 487 g/mol. The van der Waals surface area contributed by atoms with Crippen molar-refractivity contribution in [1.82, 2.24) is 15.5 Å². The maximum Gasteiger partial charge on any atom is 0.379 e. The lowest BCUT2D eigenvalue weighted by Crippen LogP contribution is -2.40. The van der Waals surface area contributed by atoms with Gasteiger partial charge in [-0.2, -0.15) is 4.98 Å². The minimum Gasteiger partial charge on any atom is -0.460 e. The molecule has 3 rings (SSSR count). The Kier molecular flexibility index (Phi) is 9.14. The zero-order valence-electron chi connectivity index (χ0n) is 21.1. The Bertz CT molecular complexity index is 1030. The van der Waals surface area contributed by atoms with E-state index in [1.807, 2.05) is 45.0 Å². The molecule has 35 heavy (non-hydrogen) atoms. The Morgan fingerprint density at radius 2 is 1.97 bits per heavy atom. The summed E-state index contributed by atoms with van der Waals surface area (Å²) in [6.45, 7) is 9.25. The predicted octanol–water partition coefficient (Wildman–Crippen LogP) is 4.51. The van der Waals surface area contributed by atoms with E-state index in [2.05, 4.69) is 15.5 Å². The van der Waals surface area contributed by atoms with E-state index < -0.39 is 23.3 Å². The van der Waals surface area contributed by atoms with E-state index in [0.29, 0.717) is 11.5 Å². The standard InChI is InChI=1S/C26H36N4O5.H2/c1-5-34-25(32)22-29-24(35-30-22)21(26(2,3)4)28-23(31)20(27)19-12-7-6-10-18(19)11-8-9-17-13-15-33-16-14-17;/h6-7,10,12,17,21,27H,5,8-9,11,13-16H2,1-4H3,(H,28,31);1H/t21-;/m1./s1. The molecule has 0 saturated carbocycles. The van der Waals surface area contributed by atoms with Crippen LogP contribution in [0.5, 0.6) is 0 Å². The highest BCUT2D eigenvalue weighted by atomic mass is 16.5. The third-order valence-electron chi connectivity index (χ3n) is 6.20. The van der Waals surface area contributed by atoms with Gasteiger partial charge in [0.1, 0.15) is 11.8 Å². The van der Waals surface area contributed by atoms with Crippen LogP contribution in [0.4, 0.5) is 0 Å². The van der Waals surface area contributed by atoms with E-state index in [0.717, 1.165) is 50.9 Å². The fourth-order valence-corrected chi connectivity index (χ4v) is 4.20. The number of carbonyl (C=O) groups excluding carboxylic acids is 2. The first-order valence-electron chi connectivity index (χ1n) is 12.3. The zero-order valence-corrected chi connectivity index (χ0v) is 21.1. The van der Waals surface area contributed by atoms with Crippen LogP contribution in [0.1, 0.15) is 88.5 Å². The third-order valence-corrected chi connectivity index (χ3v) is 6.20. The summed E-state index contributed by atoms with van der Waals surface area (Å²) in [5.41, 5.74) is 0.959. The lowest BCUT2D eigenvalue weighted by Gasteiger charge is -2.28. The molecule has 2 aromatic rings. The van der Waals surface area contributed by atoms with E-state index in [1.165, 1.54) is 0 Å². The van der Waals surface area contributed by atoms with Crippen molar-refractivity contribution in [3.05, 3.63) is 47.1 Å². The van der Waals surface area contributed by atoms with E-state index >= 15 is 0 Å². The van der Waals surface area contributed by atoms with Gasteiger partial charge in [0.15, 0.2) is 0 Å². The average Bonchev–Trinajstić information content (AvgIpc) is 3.32. The maximum absolute atomic E-state index is 13.2. The van der Waals surface area contributed by atoms with Gasteiger partial charge in [0, 0.05) is 20.2 Å². The minimum atomic E-state index is -0.702. The molecule has 1 fully saturated rings. The van der Waals surface area contributed by atoms with Crippen LogP contribution >= 0.6 is 0 Å². The van der Waals surface area contributed by atoms with E-state index in [-0.39, 0.29) is 25.5 Å². The number of nitrogens with zero attached hydrogens (tertiary/aromatic N) is 2. The number of rotatable bonds is 10. The van der Waals surface area contributed by atoms with Crippen LogP contribution in [0.15, 0.2) is 28.8 Å². The molecule has 0 unspecified atom stereocenters. The second kappa shape index (κ2) is 12.1. The number of ether oxygens (including phenoxy) is 2. The van der Waals surface area contributed by atoms with E-state index in [4.69, 9.17) is 19.4 Å². The quantitative estimate of drug-likeness (QED) is 0.373. The number of carbonyl (C=O) groups is 2. The summed E-state index contributed by atoms with van der Waals surface area (Å²) < 4.78 is 15.6. The van der Waals surface area contributed by atoms with Crippen LogP contribution in [0.3, 0.4) is 0 Å². The van der Waals surface area contributed by atoms with Crippen molar-refractivity contribution in [2.24, 2.45) is 11.3 Å². The molecular formula is C26H38N4O5. The molecule has 0 radical (unpaired) electrons. The van der Waals surface area contributed by atoms with Crippen LogP contribution < -0.4 is 5.32 Å². The molecule has 1 aliphatic heterocycles. The first-order valence-corrected chi connectivity index (χ1v) is 12.3. The topological polar surface area (TPSA) is 127 Å². The molecule has 1 aromatic heterocycles. The minimum absolute atomic E-state index is 0. The molecule has 1 atom stereocenters. The van der Waals surface area contributed by atoms with Gasteiger partial charge in [-0.05, 0) is 61.1 Å². The van der Waals surface area contributed by atoms with Crippen LogP contribution in [0.25, 0.3) is 0 Å². The molecule has 9 heteroatoms. The molecule has 0 aliphatic carbocycles. The van der Waals surface area contributed by atoms with Gasteiger partial charge in [-0.25, -0.2) is 4.79 Å². The van der Waals surface area contributed by atoms with E-state index in [1.54, 1.807) is 6.92 Å². The summed E-state index contributed by atoms with van der Waals surface area (Å²) in [5.74, 6) is -0.663. The Morgan fingerprint density at radius 1 is 1.26 bits per heavy atom. The summed E-state index contributed by atoms with van der Waals surface area (Å²) >= 11 is 0. The Morgan fingerprint density at radius 3 is 2.66 bits per heavy atom. The van der Waals surface area contributed by atoms with E-state index in [9.17, 15) is 9.59 Å². The van der Waals surface area contributed by atoms with Gasteiger partial charge in [0.2, 0.25) is 5.89 Å². The van der Waals surface area contributed by atoms with Gasteiger partial charge < -0.3 is 19.3 Å². The fourth-order valence-electron chi connectivity index (χ4n) is 4.20. The van der Waals surface area contributed by atoms with Crippen molar-refractivity contribution in [3.63, 3.8) is 0 Å². The molecule has 2 heterocycles. The van der Waals surface area contributed by atoms with Gasteiger partial charge in [-0.15, -0.1) is 0 Å². The molecule has 1 aromatic carbocycles. The van der Waals surface area contributed by atoms with Crippen LogP contribution in [-0.2, 0) is 20.7 Å². The van der Waals surface area contributed by atoms with Crippen molar-refractivity contribution >= 4 is 17.6 Å². The van der Waals surface area contributed by atoms with Gasteiger partial charge in [-0.1, -0.05) is 45.0 Å². The summed E-state index contributed by atoms with van der Waals surface area (Å²) in [6.07, 6.45) is 5.12. The number of aromatic nitrogens is 2. The van der Waals surface area contributed by atoms with Gasteiger partial charge >= 0.3 is 5.97 Å². The lowest BCUT2D eigenvalue weighted by molar-refractivity contribution is -0.116. The van der Waals surface area contributed by atoms with Crippen molar-refractivity contribution in [2.45, 2.75) is 65.8 Å². The van der Waals surface area contributed by atoms with Crippen LogP contribution in [0.2, 0.25) is 0 Å². The summed E-state index contributed by atoms with van der Waals surface area (Å²) in [7, 11) is 0. The Labute approximate surface area is 208 Å². The number of amides is 1. The van der Waals surface area contributed by atoms with Gasteiger partial charge in [-0.3, -0.25) is 10.2 Å². The maximum atomic E-state index is 13.2. The molecule has 192 valence electrons. The van der Waals surface area contributed by atoms with Crippen molar-refractivity contribution in [2.75, 3.05) is 19.8 Å². The number of esters is 1. The molecule has 2 N–H and O–H groups in total. The second-order valence-electron chi connectivity index (χ2n) is 9.93. The number of hydrogen-bond donors (Lipinski definition) is 2. The molecule has 1 aliphatic rings. The summed E-state index contributed by atoms with van der Waals surface area (Å²) in [6, 6.07) is 6.86. The highest BCUT2D eigenvalue weighted by Crippen LogP contribution is 2.32. The van der Waals surface area contributed by atoms with Gasteiger partial charge in [0.05, 0.1) is 6.61 Å². The number of aryl methyl sites for hydroxylation is 1. The zero-order chi connectivity index (χ0) is 25.4. The SMILES string of the molecule is CCOC(=O)c1noc([C@@H](NC(=O)C(=N)c2ccccc2CCCC2CCOCC2)C(C)(C)C)n1.[HH]. The van der Waals surface area contributed by atoms with Crippen molar-refractivity contribution < 1.29 is 25.0 Å². The first kappa shape index (κ1) is 26.5. The van der Waals surface area contributed by atoms with Crippen molar-refractivity contribution in [3.8, 4) is 0 Å². The third kappa shape index (κ3) is 7.21. The van der Waals surface area contributed by atoms with Crippen molar-refractivity contribution in [1.29, 1.82) is 5.41 Å². The smallest absolute Gasteiger partial charge is 0.379 e. The highest BCUT2D eigenvalue weighted by molar-refractivity contribution is 6.44. The summed E-state index contributed by atoms with van der Waals surface area (Å²) in [5, 5.41) is 15.2. The molecular weight excluding hydrogens is 448 g/mol. The lowest BCUT2D eigenvalue weighted by atomic mass is 9.86. The highest BCUT2D eigenvalue weighted by Gasteiger charge is 2.35. The molecule has 0 bridgehead atoms. The number of benzene rings is 1. The molecule has 9 nitrogen and oxygen atoms in total. The Hall–Kier alpha value is -3.07. The normalized spacial score (nSPS) is 15.4. The monoisotopic (exact) mass is 486 g/mol. The predicted molar refractivity (Wildman–Crippen MR) is 132 cm³/mol. The number of hydrogen-bond acceptors (Lipinski definition) is 8. The Balaban J connectivity index is 0.00000456. The summed E-state index contributed by atoms with van der Waals surface area (Å²) in [4.78, 5) is 29.2. The molecule has 1 amide bonds. The van der Waals surface area contributed by atoms with Crippen LogP contribution in [-0.4, -0.2) is 47.5 Å². The second-order valence-corrected chi connectivity index (χ2v) is 9.93. The van der Waals surface area contributed by atoms with Crippen LogP contribution in [0, 0.1) is 16.7 Å². The number of nitrogens with one attached hydrogen (secondary N) is 2. The van der Waals surface area contributed by atoms with Gasteiger partial charge in [0.25, 0.3) is 11.7 Å². The first-order chi connectivity index (χ1) is 16.7. The fraction of sp³-hybridized carbons (Fsp3) is 0.577. The molecule has 0 spiro atoms. The molecule has 1 saturated heterocycles.